The number of hydrogen-bond acceptors (Lipinski definition) is 5. The van der Waals surface area contributed by atoms with E-state index in [0.29, 0.717) is 23.7 Å². The van der Waals surface area contributed by atoms with E-state index in [2.05, 4.69) is 5.32 Å². The molecule has 0 fully saturated rings. The predicted octanol–water partition coefficient (Wildman–Crippen LogP) is 4.55. The number of amides is 2. The highest BCUT2D eigenvalue weighted by Crippen LogP contribution is 2.42. The van der Waals surface area contributed by atoms with Crippen molar-refractivity contribution in [3.8, 4) is 11.5 Å². The molecule has 1 N–H and O–H groups in total. The van der Waals surface area contributed by atoms with Gasteiger partial charge in [0.15, 0.2) is 17.6 Å². The quantitative estimate of drug-likeness (QED) is 0.628. The van der Waals surface area contributed by atoms with Crippen LogP contribution < -0.4 is 19.7 Å². The molecule has 2 amide bonds. The first-order valence-corrected chi connectivity index (χ1v) is 12.2. The molecule has 0 saturated carbocycles. The van der Waals surface area contributed by atoms with E-state index in [-0.39, 0.29) is 24.3 Å². The molecule has 0 aliphatic carbocycles. The van der Waals surface area contributed by atoms with Crippen molar-refractivity contribution in [2.75, 3.05) is 25.6 Å². The van der Waals surface area contributed by atoms with Gasteiger partial charge in [0.25, 0.3) is 5.91 Å². The highest BCUT2D eigenvalue weighted by Gasteiger charge is 2.43. The standard InChI is InChI=1S/C28H39N3O4/c1-9-34-22-12-10-11-21-23(26(32)29-28(4,5)6)31(27(33)24(18(2)3)35-25(21)22)17-19-13-15-20(16-14-19)30(7)8/h10-16,18,23-24H,9,17H2,1-8H3,(H,29,32). The Morgan fingerprint density at radius 2 is 1.80 bits per heavy atom. The number of anilines is 1. The van der Waals surface area contributed by atoms with Crippen LogP contribution in [0.4, 0.5) is 5.69 Å². The fourth-order valence-corrected chi connectivity index (χ4v) is 4.19. The average Bonchev–Trinajstić information content (AvgIpc) is 2.88. The van der Waals surface area contributed by atoms with Gasteiger partial charge in [-0.25, -0.2) is 0 Å². The number of nitrogens with zero attached hydrogens (tertiary/aromatic N) is 2. The number of carbonyl (C=O) groups is 2. The molecule has 35 heavy (non-hydrogen) atoms. The lowest BCUT2D eigenvalue weighted by Crippen LogP contribution is -2.51. The van der Waals surface area contributed by atoms with Crippen LogP contribution in [0.1, 0.15) is 58.7 Å². The third-order valence-corrected chi connectivity index (χ3v) is 5.84. The Labute approximate surface area is 209 Å². The number of nitrogens with one attached hydrogen (secondary N) is 1. The fourth-order valence-electron chi connectivity index (χ4n) is 4.19. The maximum Gasteiger partial charge on any atom is 0.265 e. The van der Waals surface area contributed by atoms with Gasteiger partial charge in [-0.2, -0.15) is 0 Å². The number of fused-ring (bicyclic) bond motifs is 1. The normalized spacial score (nSPS) is 18.0. The number of benzene rings is 2. The lowest BCUT2D eigenvalue weighted by molar-refractivity contribution is -0.147. The largest absolute Gasteiger partial charge is 0.490 e. The van der Waals surface area contributed by atoms with Gasteiger partial charge in [-0.3, -0.25) is 9.59 Å². The third kappa shape index (κ3) is 6.08. The van der Waals surface area contributed by atoms with Crippen LogP contribution in [0.5, 0.6) is 11.5 Å². The van der Waals surface area contributed by atoms with Gasteiger partial charge in [0.1, 0.15) is 6.04 Å². The highest BCUT2D eigenvalue weighted by molar-refractivity contribution is 5.92. The summed E-state index contributed by atoms with van der Waals surface area (Å²) in [6, 6.07) is 12.7. The molecule has 0 saturated heterocycles. The van der Waals surface area contributed by atoms with E-state index in [4.69, 9.17) is 9.47 Å². The molecule has 7 nitrogen and oxygen atoms in total. The first kappa shape index (κ1) is 26.4. The summed E-state index contributed by atoms with van der Waals surface area (Å²) in [6.45, 7) is 12.3. The Kier molecular flexibility index (Phi) is 7.98. The van der Waals surface area contributed by atoms with Crippen LogP contribution in [0.2, 0.25) is 0 Å². The molecular weight excluding hydrogens is 442 g/mol. The molecular formula is C28H39N3O4. The molecule has 2 atom stereocenters. The van der Waals surface area contributed by atoms with E-state index in [1.165, 1.54) is 0 Å². The Balaban J connectivity index is 2.16. The second kappa shape index (κ2) is 10.6. The van der Waals surface area contributed by atoms with Crippen molar-refractivity contribution in [1.29, 1.82) is 0 Å². The van der Waals surface area contributed by atoms with E-state index >= 15 is 0 Å². The Morgan fingerprint density at radius 1 is 1.14 bits per heavy atom. The second-order valence-electron chi connectivity index (χ2n) is 10.6. The Hall–Kier alpha value is -3.22. The van der Waals surface area contributed by atoms with Gasteiger partial charge in [0, 0.05) is 37.4 Å². The van der Waals surface area contributed by atoms with Crippen LogP contribution >= 0.6 is 0 Å². The minimum atomic E-state index is -0.866. The van der Waals surface area contributed by atoms with E-state index in [1.807, 2.05) is 103 Å². The molecule has 1 aliphatic heterocycles. The SMILES string of the molecule is CCOc1cccc2c1OC(C(C)C)C(=O)N(Cc1ccc(N(C)C)cc1)C2C(=O)NC(C)(C)C. The summed E-state index contributed by atoms with van der Waals surface area (Å²) in [7, 11) is 3.97. The van der Waals surface area contributed by atoms with Crippen LogP contribution in [0.25, 0.3) is 0 Å². The maximum absolute atomic E-state index is 14.0. The zero-order valence-corrected chi connectivity index (χ0v) is 22.2. The number of carbonyl (C=O) groups excluding carboxylic acids is 2. The lowest BCUT2D eigenvalue weighted by atomic mass is 9.99. The van der Waals surface area contributed by atoms with Gasteiger partial charge in [-0.05, 0) is 57.4 Å². The first-order chi connectivity index (χ1) is 16.4. The summed E-state index contributed by atoms with van der Waals surface area (Å²) >= 11 is 0. The summed E-state index contributed by atoms with van der Waals surface area (Å²) in [5, 5.41) is 3.08. The maximum atomic E-state index is 14.0. The average molecular weight is 482 g/mol. The summed E-state index contributed by atoms with van der Waals surface area (Å²) in [5.41, 5.74) is 2.15. The Bertz CT molecular complexity index is 1040. The zero-order chi connectivity index (χ0) is 25.9. The molecule has 0 radical (unpaired) electrons. The van der Waals surface area contributed by atoms with E-state index < -0.39 is 17.7 Å². The predicted molar refractivity (Wildman–Crippen MR) is 139 cm³/mol. The number of hydrogen-bond donors (Lipinski definition) is 1. The van der Waals surface area contributed by atoms with Crippen LogP contribution in [-0.2, 0) is 16.1 Å². The topological polar surface area (TPSA) is 71.1 Å². The zero-order valence-electron chi connectivity index (χ0n) is 22.2. The van der Waals surface area contributed by atoms with Crippen molar-refractivity contribution in [3.63, 3.8) is 0 Å². The van der Waals surface area contributed by atoms with Crippen molar-refractivity contribution in [1.82, 2.24) is 10.2 Å². The molecule has 2 aromatic carbocycles. The molecule has 190 valence electrons. The highest BCUT2D eigenvalue weighted by atomic mass is 16.5. The van der Waals surface area contributed by atoms with Crippen molar-refractivity contribution < 1.29 is 19.1 Å². The first-order valence-electron chi connectivity index (χ1n) is 12.2. The van der Waals surface area contributed by atoms with E-state index in [9.17, 15) is 9.59 Å². The van der Waals surface area contributed by atoms with Gasteiger partial charge < -0.3 is 24.6 Å². The fraction of sp³-hybridized carbons (Fsp3) is 0.500. The van der Waals surface area contributed by atoms with Crippen molar-refractivity contribution in [2.45, 2.75) is 65.8 Å². The molecule has 7 heteroatoms. The number of ether oxygens (including phenoxy) is 2. The van der Waals surface area contributed by atoms with Crippen molar-refractivity contribution >= 4 is 17.5 Å². The monoisotopic (exact) mass is 481 g/mol. The second-order valence-corrected chi connectivity index (χ2v) is 10.6. The van der Waals surface area contributed by atoms with Crippen molar-refractivity contribution in [3.05, 3.63) is 53.6 Å². The third-order valence-electron chi connectivity index (χ3n) is 5.84. The van der Waals surface area contributed by atoms with Crippen LogP contribution in [-0.4, -0.2) is 49.1 Å². The molecule has 3 rings (SSSR count). The minimum absolute atomic E-state index is 0.104. The van der Waals surface area contributed by atoms with Crippen molar-refractivity contribution in [2.24, 2.45) is 5.92 Å². The summed E-state index contributed by atoms with van der Waals surface area (Å²) in [4.78, 5) is 31.4. The smallest absolute Gasteiger partial charge is 0.265 e. The summed E-state index contributed by atoms with van der Waals surface area (Å²) in [5.74, 6) is 0.422. The van der Waals surface area contributed by atoms with E-state index in [1.54, 1.807) is 4.90 Å². The summed E-state index contributed by atoms with van der Waals surface area (Å²) < 4.78 is 12.2. The molecule has 1 heterocycles. The van der Waals surface area contributed by atoms with Gasteiger partial charge in [0.05, 0.1) is 6.61 Å². The van der Waals surface area contributed by atoms with Gasteiger partial charge in [-0.1, -0.05) is 38.1 Å². The minimum Gasteiger partial charge on any atom is -0.490 e. The van der Waals surface area contributed by atoms with Crippen LogP contribution in [0.3, 0.4) is 0 Å². The number of para-hydroxylation sites is 1. The Morgan fingerprint density at radius 3 is 2.34 bits per heavy atom. The molecule has 2 unspecified atom stereocenters. The lowest BCUT2D eigenvalue weighted by Gasteiger charge is -2.33. The summed E-state index contributed by atoms with van der Waals surface area (Å²) in [6.07, 6.45) is -0.746. The molecule has 0 spiro atoms. The molecule has 0 bridgehead atoms. The molecule has 0 aromatic heterocycles. The van der Waals surface area contributed by atoms with Gasteiger partial charge in [0.2, 0.25) is 5.91 Å². The van der Waals surface area contributed by atoms with E-state index in [0.717, 1.165) is 11.3 Å². The van der Waals surface area contributed by atoms with Gasteiger partial charge in [-0.15, -0.1) is 0 Å². The van der Waals surface area contributed by atoms with Gasteiger partial charge >= 0.3 is 0 Å². The molecule has 2 aromatic rings. The van der Waals surface area contributed by atoms with Crippen LogP contribution in [0.15, 0.2) is 42.5 Å². The number of rotatable bonds is 7. The van der Waals surface area contributed by atoms with Crippen LogP contribution in [0, 0.1) is 5.92 Å². The molecule has 1 aliphatic rings.